The molecule has 1 aromatic rings. The predicted molar refractivity (Wildman–Crippen MR) is 66.5 cm³/mol. The van der Waals surface area contributed by atoms with Gasteiger partial charge in [-0.1, -0.05) is 36.4 Å². The van der Waals surface area contributed by atoms with Crippen molar-refractivity contribution in [3.63, 3.8) is 0 Å². The lowest BCUT2D eigenvalue weighted by Gasteiger charge is -2.15. The van der Waals surface area contributed by atoms with E-state index in [0.29, 0.717) is 12.5 Å². The topological polar surface area (TPSA) is 29.5 Å². The Hall–Kier alpha value is -1.77. The molecular weight excluding hydrogens is 214 g/mol. The summed E-state index contributed by atoms with van der Waals surface area (Å²) in [5.41, 5.74) is 1.01. The second-order valence-electron chi connectivity index (χ2n) is 4.27. The summed E-state index contributed by atoms with van der Waals surface area (Å²) in [4.78, 5) is 13.5. The molecule has 3 nitrogen and oxygen atoms in total. The summed E-state index contributed by atoms with van der Waals surface area (Å²) in [5.74, 6) is 0.416. The molecule has 1 heterocycles. The summed E-state index contributed by atoms with van der Waals surface area (Å²) < 4.78 is 5.26. The van der Waals surface area contributed by atoms with E-state index in [1.54, 1.807) is 4.90 Å². The zero-order valence-electron chi connectivity index (χ0n) is 9.84. The van der Waals surface area contributed by atoms with E-state index in [-0.39, 0.29) is 6.09 Å². The normalized spacial score (nSPS) is 19.1. The van der Waals surface area contributed by atoms with Gasteiger partial charge in [0.2, 0.25) is 0 Å². The van der Waals surface area contributed by atoms with Crippen molar-refractivity contribution in [3.05, 3.63) is 48.6 Å². The van der Waals surface area contributed by atoms with Crippen LogP contribution in [0.5, 0.6) is 0 Å². The van der Waals surface area contributed by atoms with Crippen LogP contribution in [0.1, 0.15) is 12.0 Å². The minimum absolute atomic E-state index is 0.224. The van der Waals surface area contributed by atoms with E-state index in [0.717, 1.165) is 25.1 Å². The third-order valence-electron chi connectivity index (χ3n) is 3.02. The molecule has 90 valence electrons. The van der Waals surface area contributed by atoms with Crippen LogP contribution < -0.4 is 0 Å². The lowest BCUT2D eigenvalue weighted by molar-refractivity contribution is 0.103. The number of ether oxygens (including phenoxy) is 1. The van der Waals surface area contributed by atoms with Crippen molar-refractivity contribution in [2.45, 2.75) is 13.0 Å². The summed E-state index contributed by atoms with van der Waals surface area (Å²) >= 11 is 0. The van der Waals surface area contributed by atoms with Crippen LogP contribution in [0.3, 0.4) is 0 Å². The van der Waals surface area contributed by atoms with Gasteiger partial charge in [-0.3, -0.25) is 0 Å². The smallest absolute Gasteiger partial charge is 0.410 e. The number of carbonyl (C=O) groups excluding carboxylic acids is 1. The minimum atomic E-state index is -0.224. The van der Waals surface area contributed by atoms with Crippen LogP contribution in [0.15, 0.2) is 43.0 Å². The van der Waals surface area contributed by atoms with Gasteiger partial charge in [-0.2, -0.15) is 0 Å². The van der Waals surface area contributed by atoms with E-state index in [2.05, 4.69) is 6.58 Å². The molecule has 1 fully saturated rings. The number of hydrogen-bond donors (Lipinski definition) is 0. The zero-order valence-corrected chi connectivity index (χ0v) is 9.84. The Morgan fingerprint density at radius 2 is 2.24 bits per heavy atom. The van der Waals surface area contributed by atoms with Crippen molar-refractivity contribution in [2.24, 2.45) is 5.92 Å². The van der Waals surface area contributed by atoms with Crippen LogP contribution in [0, 0.1) is 5.92 Å². The zero-order chi connectivity index (χ0) is 12.1. The molecule has 1 unspecified atom stereocenters. The molecule has 1 aliphatic rings. The van der Waals surface area contributed by atoms with E-state index in [1.165, 1.54) is 0 Å². The summed E-state index contributed by atoms with van der Waals surface area (Å²) in [6, 6.07) is 9.72. The van der Waals surface area contributed by atoms with Crippen molar-refractivity contribution < 1.29 is 9.53 Å². The first-order chi connectivity index (χ1) is 8.29. The molecule has 0 spiro atoms. The van der Waals surface area contributed by atoms with Crippen LogP contribution in [-0.4, -0.2) is 24.1 Å². The first-order valence-electron chi connectivity index (χ1n) is 5.88. The quantitative estimate of drug-likeness (QED) is 0.749. The fourth-order valence-corrected chi connectivity index (χ4v) is 1.96. The highest BCUT2D eigenvalue weighted by Crippen LogP contribution is 2.17. The Kier molecular flexibility index (Phi) is 3.81. The lowest BCUT2D eigenvalue weighted by atomic mass is 10.1. The maximum absolute atomic E-state index is 11.7. The van der Waals surface area contributed by atoms with E-state index < -0.39 is 0 Å². The van der Waals surface area contributed by atoms with Crippen molar-refractivity contribution in [3.8, 4) is 0 Å². The first-order valence-corrected chi connectivity index (χ1v) is 5.88. The highest BCUT2D eigenvalue weighted by Gasteiger charge is 2.25. The van der Waals surface area contributed by atoms with Crippen LogP contribution in [-0.2, 0) is 11.3 Å². The maximum atomic E-state index is 11.7. The highest BCUT2D eigenvalue weighted by atomic mass is 16.6. The molecule has 0 N–H and O–H groups in total. The van der Waals surface area contributed by atoms with Gasteiger partial charge in [0.15, 0.2) is 0 Å². The Morgan fingerprint density at radius 3 is 2.88 bits per heavy atom. The molecule has 1 aliphatic heterocycles. The van der Waals surface area contributed by atoms with Gasteiger partial charge < -0.3 is 9.64 Å². The number of benzene rings is 1. The van der Waals surface area contributed by atoms with Gasteiger partial charge in [-0.05, 0) is 17.9 Å². The molecular formula is C14H17NO2. The number of likely N-dealkylation sites (tertiary alicyclic amines) is 1. The summed E-state index contributed by atoms with van der Waals surface area (Å²) in [7, 11) is 0. The fraction of sp³-hybridized carbons (Fsp3) is 0.357. The first kappa shape index (κ1) is 11.7. The molecule has 0 radical (unpaired) electrons. The molecule has 0 aromatic heterocycles. The van der Waals surface area contributed by atoms with Crippen molar-refractivity contribution in [1.82, 2.24) is 4.90 Å². The third-order valence-corrected chi connectivity index (χ3v) is 3.02. The van der Waals surface area contributed by atoms with Gasteiger partial charge in [-0.25, -0.2) is 4.79 Å². The monoisotopic (exact) mass is 231 g/mol. The van der Waals surface area contributed by atoms with Crippen molar-refractivity contribution in [1.29, 1.82) is 0 Å². The Morgan fingerprint density at radius 1 is 1.47 bits per heavy atom. The predicted octanol–water partition coefficient (Wildman–Crippen LogP) is 2.83. The number of hydrogen-bond acceptors (Lipinski definition) is 2. The van der Waals surface area contributed by atoms with Crippen LogP contribution in [0.2, 0.25) is 0 Å². The molecule has 1 atom stereocenters. The molecule has 17 heavy (non-hydrogen) atoms. The number of rotatable bonds is 3. The summed E-state index contributed by atoms with van der Waals surface area (Å²) in [6.07, 6.45) is 2.67. The second-order valence-corrected chi connectivity index (χ2v) is 4.27. The average molecular weight is 231 g/mol. The third kappa shape index (κ3) is 3.09. The largest absolute Gasteiger partial charge is 0.445 e. The molecule has 0 aliphatic carbocycles. The number of amides is 1. The minimum Gasteiger partial charge on any atom is -0.445 e. The Bertz CT molecular complexity index is 388. The van der Waals surface area contributed by atoms with Gasteiger partial charge in [0, 0.05) is 13.1 Å². The lowest BCUT2D eigenvalue weighted by Crippen LogP contribution is -2.29. The van der Waals surface area contributed by atoms with Crippen LogP contribution >= 0.6 is 0 Å². The molecule has 3 heteroatoms. The van der Waals surface area contributed by atoms with Gasteiger partial charge in [-0.15, -0.1) is 6.58 Å². The highest BCUT2D eigenvalue weighted by molar-refractivity contribution is 5.68. The van der Waals surface area contributed by atoms with Crippen LogP contribution in [0.25, 0.3) is 0 Å². The maximum Gasteiger partial charge on any atom is 0.410 e. The Labute approximate surface area is 102 Å². The second kappa shape index (κ2) is 5.53. The van der Waals surface area contributed by atoms with Crippen molar-refractivity contribution >= 4 is 6.09 Å². The molecule has 0 saturated carbocycles. The summed E-state index contributed by atoms with van der Waals surface area (Å²) in [6.45, 7) is 5.59. The van der Waals surface area contributed by atoms with E-state index in [9.17, 15) is 4.79 Å². The van der Waals surface area contributed by atoms with Gasteiger partial charge in [0.1, 0.15) is 6.61 Å². The van der Waals surface area contributed by atoms with Gasteiger partial charge in [0.05, 0.1) is 0 Å². The molecule has 0 bridgehead atoms. The molecule has 1 saturated heterocycles. The average Bonchev–Trinajstić information content (AvgIpc) is 2.86. The fourth-order valence-electron chi connectivity index (χ4n) is 1.96. The standard InChI is InChI=1S/C14H17NO2/c1-2-12-8-9-15(10-12)14(16)17-11-13-6-4-3-5-7-13/h2-7,12H,1,8-11H2. The number of carbonyl (C=O) groups is 1. The van der Waals surface area contributed by atoms with Gasteiger partial charge in [0.25, 0.3) is 0 Å². The van der Waals surface area contributed by atoms with E-state index in [4.69, 9.17) is 4.74 Å². The molecule has 1 aromatic carbocycles. The SMILES string of the molecule is C=CC1CCN(C(=O)OCc2ccccc2)C1. The van der Waals surface area contributed by atoms with Crippen molar-refractivity contribution in [2.75, 3.05) is 13.1 Å². The van der Waals surface area contributed by atoms with Gasteiger partial charge >= 0.3 is 6.09 Å². The molecule has 2 rings (SSSR count). The Balaban J connectivity index is 1.80. The number of nitrogens with zero attached hydrogens (tertiary/aromatic N) is 1. The van der Waals surface area contributed by atoms with E-state index >= 15 is 0 Å². The van der Waals surface area contributed by atoms with Crippen LogP contribution in [0.4, 0.5) is 4.79 Å². The molecule has 1 amide bonds. The summed E-state index contributed by atoms with van der Waals surface area (Å²) in [5, 5.41) is 0. The van der Waals surface area contributed by atoms with E-state index in [1.807, 2.05) is 36.4 Å².